The van der Waals surface area contributed by atoms with Crippen LogP contribution in [0.3, 0.4) is 0 Å². The van der Waals surface area contributed by atoms with Crippen molar-refractivity contribution in [2.24, 2.45) is 5.73 Å². The van der Waals surface area contributed by atoms with Crippen LogP contribution in [0, 0.1) is 6.92 Å². The minimum atomic E-state index is -0.414. The monoisotopic (exact) mass is 269 g/mol. The zero-order chi connectivity index (χ0) is 13.3. The number of halogens is 1. The van der Waals surface area contributed by atoms with Crippen molar-refractivity contribution in [2.75, 3.05) is 7.11 Å². The minimum Gasteiger partial charge on any atom is -0.503 e. The van der Waals surface area contributed by atoms with Gasteiger partial charge in [0.1, 0.15) is 0 Å². The standard InChI is InChI=1S/C14H20ClNO2/c1-9-8-10(18-2)13(17)12(15)11(9)14(16)6-4-3-5-7-14/h8,17H,3-7,16H2,1-2H3. The van der Waals surface area contributed by atoms with Gasteiger partial charge in [0.2, 0.25) is 0 Å². The highest BCUT2D eigenvalue weighted by molar-refractivity contribution is 6.33. The third kappa shape index (κ3) is 2.17. The van der Waals surface area contributed by atoms with Crippen LogP contribution in [0.25, 0.3) is 0 Å². The number of aromatic hydroxyl groups is 1. The summed E-state index contributed by atoms with van der Waals surface area (Å²) in [5.74, 6) is 0.399. The Balaban J connectivity index is 2.53. The lowest BCUT2D eigenvalue weighted by atomic mass is 9.76. The van der Waals surface area contributed by atoms with E-state index in [9.17, 15) is 5.11 Å². The number of hydrogen-bond acceptors (Lipinski definition) is 3. The molecule has 1 aromatic rings. The molecule has 0 spiro atoms. The van der Waals surface area contributed by atoms with Crippen LogP contribution in [0.4, 0.5) is 0 Å². The van der Waals surface area contributed by atoms with Gasteiger partial charge in [-0.2, -0.15) is 0 Å². The maximum absolute atomic E-state index is 10.0. The molecule has 0 amide bonds. The molecule has 3 N–H and O–H groups in total. The van der Waals surface area contributed by atoms with Gasteiger partial charge in [-0.05, 0) is 37.0 Å². The molecule has 18 heavy (non-hydrogen) atoms. The highest BCUT2D eigenvalue weighted by Crippen LogP contribution is 2.46. The number of ether oxygens (including phenoxy) is 1. The van der Waals surface area contributed by atoms with E-state index in [1.807, 2.05) is 6.92 Å². The summed E-state index contributed by atoms with van der Waals surface area (Å²) in [5, 5.41) is 10.4. The fourth-order valence-corrected chi connectivity index (χ4v) is 3.37. The highest BCUT2D eigenvalue weighted by atomic mass is 35.5. The lowest BCUT2D eigenvalue weighted by molar-refractivity contribution is 0.299. The molecule has 0 radical (unpaired) electrons. The van der Waals surface area contributed by atoms with Crippen molar-refractivity contribution in [3.8, 4) is 11.5 Å². The molecule has 3 nitrogen and oxygen atoms in total. The van der Waals surface area contributed by atoms with E-state index in [-0.39, 0.29) is 5.75 Å². The van der Waals surface area contributed by atoms with Gasteiger partial charge in [-0.15, -0.1) is 0 Å². The van der Waals surface area contributed by atoms with Crippen molar-refractivity contribution < 1.29 is 9.84 Å². The molecule has 100 valence electrons. The molecule has 1 fully saturated rings. The van der Waals surface area contributed by atoms with Gasteiger partial charge < -0.3 is 15.6 Å². The number of phenolic OH excluding ortho intramolecular Hbond substituents is 1. The maximum Gasteiger partial charge on any atom is 0.177 e. The van der Waals surface area contributed by atoms with Gasteiger partial charge in [0.05, 0.1) is 12.1 Å². The van der Waals surface area contributed by atoms with Crippen molar-refractivity contribution in [2.45, 2.75) is 44.6 Å². The molecule has 0 heterocycles. The normalized spacial score (nSPS) is 18.7. The Labute approximate surface area is 113 Å². The molecule has 2 rings (SSSR count). The first-order valence-electron chi connectivity index (χ1n) is 6.35. The van der Waals surface area contributed by atoms with Crippen molar-refractivity contribution in [1.82, 2.24) is 0 Å². The summed E-state index contributed by atoms with van der Waals surface area (Å²) in [7, 11) is 1.52. The number of methoxy groups -OCH3 is 1. The third-order valence-electron chi connectivity index (χ3n) is 3.87. The van der Waals surface area contributed by atoms with E-state index >= 15 is 0 Å². The zero-order valence-corrected chi connectivity index (χ0v) is 11.7. The van der Waals surface area contributed by atoms with Crippen molar-refractivity contribution in [1.29, 1.82) is 0 Å². The van der Waals surface area contributed by atoms with Crippen LogP contribution < -0.4 is 10.5 Å². The SMILES string of the molecule is COc1cc(C)c(C2(N)CCCCC2)c(Cl)c1O. The summed E-state index contributed by atoms with van der Waals surface area (Å²) >= 11 is 6.30. The average molecular weight is 270 g/mol. The second-order valence-corrected chi connectivity index (χ2v) is 5.53. The van der Waals surface area contributed by atoms with Crippen molar-refractivity contribution in [3.05, 3.63) is 22.2 Å². The van der Waals surface area contributed by atoms with Crippen LogP contribution in [0.1, 0.15) is 43.2 Å². The second-order valence-electron chi connectivity index (χ2n) is 5.15. The summed E-state index contributed by atoms with van der Waals surface area (Å²) in [6, 6.07) is 1.81. The fraction of sp³-hybridized carbons (Fsp3) is 0.571. The molecule has 1 saturated carbocycles. The molecular weight excluding hydrogens is 250 g/mol. The van der Waals surface area contributed by atoms with Crippen molar-refractivity contribution in [3.63, 3.8) is 0 Å². The van der Waals surface area contributed by atoms with Gasteiger partial charge in [0.15, 0.2) is 11.5 Å². The molecule has 0 aliphatic heterocycles. The van der Waals surface area contributed by atoms with Gasteiger partial charge in [0, 0.05) is 5.54 Å². The molecule has 0 aromatic heterocycles. The minimum absolute atomic E-state index is 0.00448. The molecule has 4 heteroatoms. The number of nitrogens with two attached hydrogens (primary N) is 1. The maximum atomic E-state index is 10.0. The number of benzene rings is 1. The number of rotatable bonds is 2. The van der Waals surface area contributed by atoms with Gasteiger partial charge in [-0.3, -0.25) is 0 Å². The molecule has 0 bridgehead atoms. The van der Waals surface area contributed by atoms with Crippen LogP contribution in [0.2, 0.25) is 5.02 Å². The topological polar surface area (TPSA) is 55.5 Å². The summed E-state index contributed by atoms with van der Waals surface area (Å²) in [5.41, 5.74) is 7.95. The first-order chi connectivity index (χ1) is 8.49. The summed E-state index contributed by atoms with van der Waals surface area (Å²) in [6.45, 7) is 1.96. The van der Waals surface area contributed by atoms with Gasteiger partial charge in [-0.25, -0.2) is 0 Å². The zero-order valence-electron chi connectivity index (χ0n) is 10.9. The Morgan fingerprint density at radius 3 is 2.50 bits per heavy atom. The van der Waals surface area contributed by atoms with Gasteiger partial charge >= 0.3 is 0 Å². The number of hydrogen-bond donors (Lipinski definition) is 2. The predicted molar refractivity (Wildman–Crippen MR) is 73.4 cm³/mol. The van der Waals surface area contributed by atoms with E-state index in [1.54, 1.807) is 6.07 Å². The predicted octanol–water partition coefficient (Wildman–Crippen LogP) is 3.48. The second kappa shape index (κ2) is 4.98. The van der Waals surface area contributed by atoms with E-state index in [2.05, 4.69) is 0 Å². The Morgan fingerprint density at radius 2 is 1.94 bits per heavy atom. The Hall–Kier alpha value is -0.930. The average Bonchev–Trinajstić information content (AvgIpc) is 2.34. The first kappa shape index (κ1) is 13.5. The summed E-state index contributed by atoms with van der Waals surface area (Å²) in [4.78, 5) is 0. The van der Waals surface area contributed by atoms with Crippen LogP contribution in [0.5, 0.6) is 11.5 Å². The molecule has 0 saturated heterocycles. The molecule has 1 aliphatic carbocycles. The van der Waals surface area contributed by atoms with Crippen LogP contribution in [0.15, 0.2) is 6.07 Å². The fourth-order valence-electron chi connectivity index (χ4n) is 2.94. The summed E-state index contributed by atoms with van der Waals surface area (Å²) < 4.78 is 5.11. The third-order valence-corrected chi connectivity index (χ3v) is 4.23. The largest absolute Gasteiger partial charge is 0.503 e. The molecule has 1 aromatic carbocycles. The van der Waals surface area contributed by atoms with E-state index in [0.717, 1.165) is 36.8 Å². The first-order valence-corrected chi connectivity index (χ1v) is 6.73. The van der Waals surface area contributed by atoms with E-state index in [0.29, 0.717) is 10.8 Å². The summed E-state index contributed by atoms with van der Waals surface area (Å²) in [6.07, 6.45) is 5.27. The van der Waals surface area contributed by atoms with Crippen molar-refractivity contribution >= 4 is 11.6 Å². The van der Waals surface area contributed by atoms with Gasteiger partial charge in [0.25, 0.3) is 0 Å². The van der Waals surface area contributed by atoms with Gasteiger partial charge in [-0.1, -0.05) is 30.9 Å². The number of phenols is 1. The van der Waals surface area contributed by atoms with Crippen LogP contribution >= 0.6 is 11.6 Å². The Bertz CT molecular complexity index is 454. The lowest BCUT2D eigenvalue weighted by Crippen LogP contribution is -2.39. The molecule has 0 atom stereocenters. The molecule has 1 aliphatic rings. The lowest BCUT2D eigenvalue weighted by Gasteiger charge is -2.36. The van der Waals surface area contributed by atoms with E-state index < -0.39 is 5.54 Å². The highest BCUT2D eigenvalue weighted by Gasteiger charge is 2.34. The Morgan fingerprint density at radius 1 is 1.33 bits per heavy atom. The van der Waals surface area contributed by atoms with Crippen LogP contribution in [-0.4, -0.2) is 12.2 Å². The Kier molecular flexibility index (Phi) is 3.74. The smallest absolute Gasteiger partial charge is 0.177 e. The molecule has 0 unspecified atom stereocenters. The van der Waals surface area contributed by atoms with E-state index in [1.165, 1.54) is 13.5 Å². The van der Waals surface area contributed by atoms with Crippen LogP contribution in [-0.2, 0) is 5.54 Å². The number of aryl methyl sites for hydroxylation is 1. The quantitative estimate of drug-likeness (QED) is 0.864. The molecular formula is C14H20ClNO2. The van der Waals surface area contributed by atoms with E-state index in [4.69, 9.17) is 22.1 Å².